The van der Waals surface area contributed by atoms with E-state index in [4.69, 9.17) is 8.85 Å². The van der Waals surface area contributed by atoms with E-state index in [2.05, 4.69) is 66.1 Å². The summed E-state index contributed by atoms with van der Waals surface area (Å²) in [6.45, 7) is 21.9. The van der Waals surface area contributed by atoms with E-state index in [0.29, 0.717) is 16.9 Å². The van der Waals surface area contributed by atoms with Crippen molar-refractivity contribution >= 4 is 16.6 Å². The second-order valence-corrected chi connectivity index (χ2v) is 22.6. The molecule has 172 valence electrons. The van der Waals surface area contributed by atoms with Gasteiger partial charge >= 0.3 is 0 Å². The van der Waals surface area contributed by atoms with Gasteiger partial charge < -0.3 is 8.85 Å². The summed E-state index contributed by atoms with van der Waals surface area (Å²) in [6, 6.07) is 0. The summed E-state index contributed by atoms with van der Waals surface area (Å²) >= 11 is 0. The number of rotatable bonds is 4. The van der Waals surface area contributed by atoms with Crippen molar-refractivity contribution in [2.45, 2.75) is 111 Å². The average molecular weight is 449 g/mol. The third-order valence-corrected chi connectivity index (χ3v) is 11.5. The summed E-state index contributed by atoms with van der Waals surface area (Å²) in [5.74, 6) is 5.61. The Labute approximate surface area is 188 Å². The van der Waals surface area contributed by atoms with Crippen LogP contribution >= 0.6 is 0 Å². The van der Waals surface area contributed by atoms with Gasteiger partial charge in [0.05, 0.1) is 5.76 Å². The van der Waals surface area contributed by atoms with E-state index in [9.17, 15) is 0 Å². The first-order valence-corrected chi connectivity index (χ1v) is 19.6. The van der Waals surface area contributed by atoms with Gasteiger partial charge in [-0.1, -0.05) is 20.8 Å². The van der Waals surface area contributed by atoms with Gasteiger partial charge in [0.15, 0.2) is 8.32 Å². The molecule has 0 aromatic rings. The molecule has 0 heterocycles. The maximum Gasteiger partial charge on any atom is 0.241 e. The molecule has 8 atom stereocenters. The van der Waals surface area contributed by atoms with Crippen LogP contribution in [0, 0.1) is 40.4 Å². The van der Waals surface area contributed by atoms with Gasteiger partial charge in [-0.2, -0.15) is 0 Å². The van der Waals surface area contributed by atoms with Crippen molar-refractivity contribution in [3.63, 3.8) is 0 Å². The quantitative estimate of drug-likeness (QED) is 0.408. The van der Waals surface area contributed by atoms with E-state index >= 15 is 0 Å². The second kappa shape index (κ2) is 7.48. The first kappa shape index (κ1) is 23.1. The van der Waals surface area contributed by atoms with Gasteiger partial charge in [-0.05, 0) is 125 Å². The van der Waals surface area contributed by atoms with E-state index in [1.54, 1.807) is 0 Å². The van der Waals surface area contributed by atoms with E-state index in [1.165, 1.54) is 50.7 Å². The first-order chi connectivity index (χ1) is 13.7. The monoisotopic (exact) mass is 448 g/mol. The van der Waals surface area contributed by atoms with Crippen LogP contribution in [0.5, 0.6) is 0 Å². The topological polar surface area (TPSA) is 18.5 Å². The predicted octanol–water partition coefficient (Wildman–Crippen LogP) is 7.84. The van der Waals surface area contributed by atoms with Crippen molar-refractivity contribution in [3.05, 3.63) is 11.8 Å². The second-order valence-electron chi connectivity index (χ2n) is 13.7. The lowest BCUT2D eigenvalue weighted by Gasteiger charge is -2.63. The molecule has 7 unspecified atom stereocenters. The average Bonchev–Trinajstić information content (AvgIpc) is 2.90. The predicted molar refractivity (Wildman–Crippen MR) is 132 cm³/mol. The Morgan fingerprint density at radius 3 is 2.23 bits per heavy atom. The minimum atomic E-state index is -1.55. The maximum absolute atomic E-state index is 6.65. The fourth-order valence-corrected chi connectivity index (χ4v) is 10.5. The third-order valence-electron chi connectivity index (χ3n) is 9.64. The molecule has 4 rings (SSSR count). The highest BCUT2D eigenvalue weighted by Crippen LogP contribution is 2.67. The molecule has 4 aliphatic rings. The normalized spacial score (nSPS) is 46.5. The molecule has 0 aromatic heterocycles. The largest absolute Gasteiger partial charge is 0.547 e. The van der Waals surface area contributed by atoms with Gasteiger partial charge in [0, 0.05) is 11.5 Å². The molecule has 0 spiro atoms. The Bertz CT molecular complexity index is 690. The van der Waals surface area contributed by atoms with Crippen molar-refractivity contribution in [3.8, 4) is 0 Å². The van der Waals surface area contributed by atoms with Crippen molar-refractivity contribution in [2.75, 3.05) is 0 Å². The first-order valence-electron chi connectivity index (χ1n) is 12.8. The SMILES string of the molecule is C[C@H]1CC(O[Si](C)(C)C)CC2CCC3C4CC=C(O[Si](C)(C)C)C4(C)CCC3C21C. The molecule has 3 saturated carbocycles. The summed E-state index contributed by atoms with van der Waals surface area (Å²) in [7, 11) is -3.01. The van der Waals surface area contributed by atoms with Crippen LogP contribution < -0.4 is 0 Å². The molecule has 4 aliphatic carbocycles. The number of hydrogen-bond donors (Lipinski definition) is 0. The highest BCUT2D eigenvalue weighted by atomic mass is 28.4. The van der Waals surface area contributed by atoms with Crippen LogP contribution in [-0.2, 0) is 8.85 Å². The van der Waals surface area contributed by atoms with Crippen molar-refractivity contribution in [1.82, 2.24) is 0 Å². The van der Waals surface area contributed by atoms with Crippen LogP contribution in [0.15, 0.2) is 11.8 Å². The van der Waals surface area contributed by atoms with E-state index in [0.717, 1.165) is 29.6 Å². The van der Waals surface area contributed by atoms with Gasteiger partial charge in [0.1, 0.15) is 0 Å². The Balaban J connectivity index is 1.53. The minimum Gasteiger partial charge on any atom is -0.547 e. The zero-order chi connectivity index (χ0) is 22.1. The number of allylic oxidation sites excluding steroid dienone is 2. The number of hydrogen-bond acceptors (Lipinski definition) is 2. The lowest BCUT2D eigenvalue weighted by atomic mass is 9.43. The summed E-state index contributed by atoms with van der Waals surface area (Å²) in [6.07, 6.45) is 12.5. The van der Waals surface area contributed by atoms with E-state index < -0.39 is 16.6 Å². The smallest absolute Gasteiger partial charge is 0.241 e. The molecule has 4 heteroatoms. The van der Waals surface area contributed by atoms with Gasteiger partial charge in [0.2, 0.25) is 8.32 Å². The fraction of sp³-hybridized carbons (Fsp3) is 0.923. The molecule has 3 fully saturated rings. The molecule has 30 heavy (non-hydrogen) atoms. The maximum atomic E-state index is 6.65. The lowest BCUT2D eigenvalue weighted by molar-refractivity contribution is -0.145. The molecular weight excluding hydrogens is 400 g/mol. The van der Waals surface area contributed by atoms with Crippen LogP contribution in [-0.4, -0.2) is 22.7 Å². The molecule has 0 saturated heterocycles. The van der Waals surface area contributed by atoms with Crippen molar-refractivity contribution in [1.29, 1.82) is 0 Å². The minimum absolute atomic E-state index is 0.298. The Kier molecular flexibility index (Phi) is 5.76. The molecule has 2 nitrogen and oxygen atoms in total. The standard InChI is InChI=1S/C26H48O2Si2/c1-18-16-20(27-29(4,5)6)17-19-10-11-21-22-12-13-24(28-30(7,8)9)25(22,2)15-14-23(21)26(18,19)3/h13,18-23H,10-12,14-17H2,1-9H3/t18-,19?,20?,21?,22?,23?,25?,26?/m0/s1. The van der Waals surface area contributed by atoms with Crippen LogP contribution in [0.4, 0.5) is 0 Å². The molecule has 0 aliphatic heterocycles. The van der Waals surface area contributed by atoms with Crippen molar-refractivity contribution in [2.24, 2.45) is 40.4 Å². The van der Waals surface area contributed by atoms with E-state index in [-0.39, 0.29) is 0 Å². The highest BCUT2D eigenvalue weighted by molar-refractivity contribution is 6.70. The number of fused-ring (bicyclic) bond motifs is 5. The summed E-state index contributed by atoms with van der Waals surface area (Å²) in [5.41, 5.74) is 0.804. The van der Waals surface area contributed by atoms with Crippen molar-refractivity contribution < 1.29 is 8.85 Å². The Hall–Kier alpha value is -0.0662. The fourth-order valence-electron chi connectivity index (χ4n) is 8.28. The molecule has 0 N–H and O–H groups in total. The summed E-state index contributed by atoms with van der Waals surface area (Å²) < 4.78 is 13.3. The zero-order valence-electron chi connectivity index (χ0n) is 21.3. The van der Waals surface area contributed by atoms with Gasteiger partial charge in [-0.25, -0.2) is 0 Å². The molecule has 0 bridgehead atoms. The molecule has 0 aromatic carbocycles. The molecule has 0 radical (unpaired) electrons. The zero-order valence-corrected chi connectivity index (χ0v) is 23.3. The van der Waals surface area contributed by atoms with Gasteiger partial charge in [-0.15, -0.1) is 0 Å². The molecular formula is C26H48O2Si2. The summed E-state index contributed by atoms with van der Waals surface area (Å²) in [4.78, 5) is 0. The van der Waals surface area contributed by atoms with Crippen LogP contribution in [0.3, 0.4) is 0 Å². The summed E-state index contributed by atoms with van der Waals surface area (Å²) in [5, 5.41) is 0. The Morgan fingerprint density at radius 2 is 1.60 bits per heavy atom. The van der Waals surface area contributed by atoms with E-state index in [1.807, 2.05) is 0 Å². The van der Waals surface area contributed by atoms with Crippen LogP contribution in [0.25, 0.3) is 0 Å². The third kappa shape index (κ3) is 3.92. The Morgan fingerprint density at radius 1 is 0.900 bits per heavy atom. The highest BCUT2D eigenvalue weighted by Gasteiger charge is 2.61. The van der Waals surface area contributed by atoms with Gasteiger partial charge in [0.25, 0.3) is 0 Å². The lowest BCUT2D eigenvalue weighted by Crippen LogP contribution is -2.57. The van der Waals surface area contributed by atoms with Gasteiger partial charge in [-0.3, -0.25) is 0 Å². The molecule has 0 amide bonds. The van der Waals surface area contributed by atoms with Crippen LogP contribution in [0.2, 0.25) is 39.3 Å². The van der Waals surface area contributed by atoms with Crippen LogP contribution in [0.1, 0.15) is 65.7 Å².